The van der Waals surface area contributed by atoms with E-state index < -0.39 is 20.0 Å². The van der Waals surface area contributed by atoms with Crippen molar-refractivity contribution in [3.8, 4) is 0 Å². The fraction of sp³-hybridized carbons (Fsp3) is 0.333. The topological polar surface area (TPSA) is 118 Å². The van der Waals surface area contributed by atoms with Gasteiger partial charge in [-0.25, -0.2) is 26.3 Å². The first-order chi connectivity index (χ1) is 8.68. The van der Waals surface area contributed by atoms with Crippen LogP contribution in [0.25, 0.3) is 0 Å². The van der Waals surface area contributed by atoms with E-state index in [1.54, 1.807) is 6.07 Å². The fourth-order valence-electron chi connectivity index (χ4n) is 1.22. The highest BCUT2D eigenvalue weighted by atomic mass is 79.9. The van der Waals surface area contributed by atoms with Gasteiger partial charge in [0.25, 0.3) is 0 Å². The molecule has 0 saturated heterocycles. The molecule has 0 bridgehead atoms. The Labute approximate surface area is 120 Å². The number of hydrogen-bond acceptors (Lipinski definition) is 5. The summed E-state index contributed by atoms with van der Waals surface area (Å²) in [5.41, 5.74) is 5.82. The normalized spacial score (nSPS) is 12.5. The van der Waals surface area contributed by atoms with E-state index in [0.717, 1.165) is 0 Å². The average Bonchev–Trinajstić information content (AvgIpc) is 2.31. The minimum atomic E-state index is -3.81. The van der Waals surface area contributed by atoms with Gasteiger partial charge in [0.2, 0.25) is 20.0 Å². The van der Waals surface area contributed by atoms with E-state index in [9.17, 15) is 16.8 Å². The SMILES string of the molecule is CNS(=O)(=O)CCNS(=O)(=O)c1cc(N)ccc1Br. The zero-order chi connectivity index (χ0) is 14.7. The average molecular weight is 372 g/mol. The first-order valence-corrected chi connectivity index (χ1v) is 9.07. The lowest BCUT2D eigenvalue weighted by Crippen LogP contribution is -2.33. The van der Waals surface area contributed by atoms with E-state index in [-0.39, 0.29) is 17.2 Å². The van der Waals surface area contributed by atoms with Crippen LogP contribution in [0.15, 0.2) is 27.6 Å². The van der Waals surface area contributed by atoms with Gasteiger partial charge in [-0.3, -0.25) is 0 Å². The van der Waals surface area contributed by atoms with E-state index in [4.69, 9.17) is 5.73 Å². The molecule has 0 aromatic heterocycles. The third kappa shape index (κ3) is 4.73. The summed E-state index contributed by atoms with van der Waals surface area (Å²) in [5, 5.41) is 0. The van der Waals surface area contributed by atoms with Gasteiger partial charge in [0.15, 0.2) is 0 Å². The van der Waals surface area contributed by atoms with Gasteiger partial charge in [0.05, 0.1) is 10.6 Å². The van der Waals surface area contributed by atoms with Crippen LogP contribution in [-0.2, 0) is 20.0 Å². The van der Waals surface area contributed by atoms with Crippen LogP contribution in [0, 0.1) is 0 Å². The molecule has 1 aromatic carbocycles. The van der Waals surface area contributed by atoms with E-state index in [1.807, 2.05) is 0 Å². The third-order valence-corrected chi connectivity index (χ3v) is 6.04. The summed E-state index contributed by atoms with van der Waals surface area (Å²) in [6.45, 7) is -0.229. The molecule has 0 atom stereocenters. The molecular weight excluding hydrogens is 358 g/mol. The van der Waals surface area contributed by atoms with Crippen molar-refractivity contribution in [1.29, 1.82) is 0 Å². The molecule has 0 saturated carbocycles. The highest BCUT2D eigenvalue weighted by Crippen LogP contribution is 2.23. The van der Waals surface area contributed by atoms with Crippen molar-refractivity contribution in [3.05, 3.63) is 22.7 Å². The van der Waals surface area contributed by atoms with E-state index in [0.29, 0.717) is 10.2 Å². The van der Waals surface area contributed by atoms with Crippen molar-refractivity contribution in [2.75, 3.05) is 25.1 Å². The smallest absolute Gasteiger partial charge is 0.241 e. The number of anilines is 1. The number of hydrogen-bond donors (Lipinski definition) is 3. The molecule has 1 aromatic rings. The maximum Gasteiger partial charge on any atom is 0.241 e. The second kappa shape index (κ2) is 6.18. The maximum absolute atomic E-state index is 12.0. The number of benzene rings is 1. The molecule has 0 fully saturated rings. The lowest BCUT2D eigenvalue weighted by Gasteiger charge is -2.09. The van der Waals surface area contributed by atoms with Gasteiger partial charge in [-0.1, -0.05) is 0 Å². The minimum Gasteiger partial charge on any atom is -0.399 e. The fourth-order valence-corrected chi connectivity index (χ4v) is 3.95. The predicted octanol–water partition coefficient (Wildman–Crippen LogP) is -0.141. The summed E-state index contributed by atoms with van der Waals surface area (Å²) < 4.78 is 50.9. The van der Waals surface area contributed by atoms with E-state index in [2.05, 4.69) is 25.4 Å². The van der Waals surface area contributed by atoms with Crippen LogP contribution < -0.4 is 15.2 Å². The Morgan fingerprint density at radius 1 is 1.26 bits per heavy atom. The molecule has 108 valence electrons. The lowest BCUT2D eigenvalue weighted by atomic mass is 10.3. The molecule has 0 unspecified atom stereocenters. The molecule has 7 nitrogen and oxygen atoms in total. The first-order valence-electron chi connectivity index (χ1n) is 5.14. The highest BCUT2D eigenvalue weighted by molar-refractivity contribution is 9.10. The van der Waals surface area contributed by atoms with Crippen molar-refractivity contribution in [1.82, 2.24) is 9.44 Å². The van der Waals surface area contributed by atoms with Gasteiger partial charge < -0.3 is 5.73 Å². The summed E-state index contributed by atoms with van der Waals surface area (Å²) in [4.78, 5) is -0.0330. The highest BCUT2D eigenvalue weighted by Gasteiger charge is 2.18. The molecule has 1 rings (SSSR count). The minimum absolute atomic E-state index is 0.0330. The Kier molecular flexibility index (Phi) is 5.33. The molecule has 0 amide bonds. The van der Waals surface area contributed by atoms with Gasteiger partial charge in [-0.05, 0) is 41.2 Å². The molecule has 19 heavy (non-hydrogen) atoms. The molecule has 0 radical (unpaired) electrons. The van der Waals surface area contributed by atoms with Crippen LogP contribution in [0.2, 0.25) is 0 Å². The molecule has 10 heteroatoms. The van der Waals surface area contributed by atoms with Crippen molar-refractivity contribution in [2.45, 2.75) is 4.90 Å². The summed E-state index contributed by atoms with van der Waals surface area (Å²) in [6.07, 6.45) is 0. The number of sulfonamides is 2. The van der Waals surface area contributed by atoms with Crippen LogP contribution in [0.1, 0.15) is 0 Å². The van der Waals surface area contributed by atoms with Crippen molar-refractivity contribution < 1.29 is 16.8 Å². The predicted molar refractivity (Wildman–Crippen MR) is 76.6 cm³/mol. The zero-order valence-electron chi connectivity index (χ0n) is 10.1. The third-order valence-electron chi connectivity index (χ3n) is 2.22. The molecule has 0 aliphatic heterocycles. The monoisotopic (exact) mass is 371 g/mol. The van der Waals surface area contributed by atoms with Gasteiger partial charge in [0.1, 0.15) is 0 Å². The van der Waals surface area contributed by atoms with Crippen molar-refractivity contribution in [3.63, 3.8) is 0 Å². The van der Waals surface area contributed by atoms with E-state index in [1.165, 1.54) is 19.2 Å². The van der Waals surface area contributed by atoms with Gasteiger partial charge in [-0.2, -0.15) is 0 Å². The number of nitrogen functional groups attached to an aromatic ring is 1. The largest absolute Gasteiger partial charge is 0.399 e. The van der Waals surface area contributed by atoms with Crippen LogP contribution in [-0.4, -0.2) is 36.2 Å². The number of nitrogens with two attached hydrogens (primary N) is 1. The summed E-state index contributed by atoms with van der Waals surface area (Å²) in [6, 6.07) is 4.35. The zero-order valence-corrected chi connectivity index (χ0v) is 13.3. The van der Waals surface area contributed by atoms with Gasteiger partial charge in [0, 0.05) is 16.7 Å². The van der Waals surface area contributed by atoms with Gasteiger partial charge >= 0.3 is 0 Å². The summed E-state index contributed by atoms with van der Waals surface area (Å²) >= 11 is 3.11. The Hall–Kier alpha value is -0.680. The van der Waals surface area contributed by atoms with Crippen LogP contribution in [0.5, 0.6) is 0 Å². The molecule has 0 spiro atoms. The Balaban J connectivity index is 2.85. The van der Waals surface area contributed by atoms with Crippen molar-refractivity contribution in [2.24, 2.45) is 0 Å². The molecule has 0 heterocycles. The van der Waals surface area contributed by atoms with Crippen LogP contribution in [0.3, 0.4) is 0 Å². The quantitative estimate of drug-likeness (QED) is 0.601. The van der Waals surface area contributed by atoms with E-state index >= 15 is 0 Å². The van der Waals surface area contributed by atoms with Crippen LogP contribution in [0.4, 0.5) is 5.69 Å². The Morgan fingerprint density at radius 2 is 1.89 bits per heavy atom. The summed E-state index contributed by atoms with van der Waals surface area (Å²) in [5.74, 6) is -0.345. The maximum atomic E-state index is 12.0. The standard InChI is InChI=1S/C9H14BrN3O4S2/c1-12-18(14,15)5-4-13-19(16,17)9-6-7(11)2-3-8(9)10/h2-3,6,12-13H,4-5,11H2,1H3. The molecule has 4 N–H and O–H groups in total. The number of rotatable bonds is 6. The summed E-state index contributed by atoms with van der Waals surface area (Å²) in [7, 11) is -6.01. The van der Waals surface area contributed by atoms with Gasteiger partial charge in [-0.15, -0.1) is 0 Å². The Bertz CT molecular complexity index is 658. The number of halogens is 1. The molecule has 0 aliphatic rings. The second-order valence-electron chi connectivity index (χ2n) is 3.61. The lowest BCUT2D eigenvalue weighted by molar-refractivity contribution is 0.578. The number of nitrogens with one attached hydrogen (secondary N) is 2. The molecular formula is C9H14BrN3O4S2. The first kappa shape index (κ1) is 16.4. The van der Waals surface area contributed by atoms with Crippen molar-refractivity contribution >= 4 is 41.7 Å². The van der Waals surface area contributed by atoms with Crippen LogP contribution >= 0.6 is 15.9 Å². The second-order valence-corrected chi connectivity index (χ2v) is 8.25. The Morgan fingerprint density at radius 3 is 2.47 bits per heavy atom. The molecule has 0 aliphatic carbocycles.